The Morgan fingerprint density at radius 1 is 0.944 bits per heavy atom. The van der Waals surface area contributed by atoms with Crippen LogP contribution in [-0.4, -0.2) is 54.2 Å². The van der Waals surface area contributed by atoms with E-state index in [1.807, 2.05) is 48.7 Å². The maximum atomic E-state index is 12.8. The molecule has 8 nitrogen and oxygen atoms in total. The number of rotatable bonds is 7. The number of halogens is 6. The van der Waals surface area contributed by atoms with Crippen molar-refractivity contribution in [1.82, 2.24) is 5.01 Å². The van der Waals surface area contributed by atoms with Crippen molar-refractivity contribution in [3.63, 3.8) is 0 Å². The topological polar surface area (TPSA) is 119 Å². The molecule has 0 aliphatic rings. The van der Waals surface area contributed by atoms with Gasteiger partial charge in [-0.1, -0.05) is 48.5 Å². The summed E-state index contributed by atoms with van der Waals surface area (Å²) in [4.78, 5) is 34.8. The third kappa shape index (κ3) is 12.3. The van der Waals surface area contributed by atoms with Crippen LogP contribution in [-0.2, 0) is 14.3 Å². The molecular formula is C21H20Cl6N2O6S. The fraction of sp³-hybridized carbons (Fsp3) is 0.286. The van der Waals surface area contributed by atoms with E-state index in [4.69, 9.17) is 75.4 Å². The molecular weight excluding hydrogens is 621 g/mol. The van der Waals surface area contributed by atoms with Gasteiger partial charge in [-0.3, -0.25) is 9.80 Å². The molecule has 0 spiro atoms. The molecule has 0 bridgehead atoms. The number of carboxylic acids is 1. The highest BCUT2D eigenvalue weighted by atomic mass is 35.6. The number of alkyl halides is 6. The maximum Gasteiger partial charge on any atom is 0.515 e. The zero-order chi connectivity index (χ0) is 27.5. The molecule has 0 fully saturated rings. The number of carbonyl (C=O) groups excluding carboxylic acids is 2. The summed E-state index contributed by atoms with van der Waals surface area (Å²) in [6, 6.07) is 15.5. The minimum absolute atomic E-state index is 0.298. The van der Waals surface area contributed by atoms with Gasteiger partial charge in [0.25, 0.3) is 5.91 Å². The molecule has 3 N–H and O–H groups in total. The Hall–Kier alpha value is -1.30. The largest absolute Gasteiger partial charge is 0.515 e. The average Bonchev–Trinajstić information content (AvgIpc) is 2.77. The SMILES string of the molecule is CSCC[C@@H](C(=O)O)N(N)C(=O)c1ccccc1-c1ccccc1.O=C(OC(Cl)(Cl)Cl)OC(Cl)(Cl)Cl. The number of amides is 1. The zero-order valence-electron chi connectivity index (χ0n) is 18.4. The van der Waals surface area contributed by atoms with Gasteiger partial charge in [0.05, 0.1) is 0 Å². The first kappa shape index (κ1) is 32.7. The number of aliphatic carboxylic acids is 1. The molecule has 0 unspecified atom stereocenters. The predicted octanol–water partition coefficient (Wildman–Crippen LogP) is 6.67. The van der Waals surface area contributed by atoms with Crippen LogP contribution in [0.1, 0.15) is 16.8 Å². The lowest BCUT2D eigenvalue weighted by atomic mass is 9.98. The molecule has 15 heteroatoms. The van der Waals surface area contributed by atoms with E-state index in [0.29, 0.717) is 17.7 Å². The lowest BCUT2D eigenvalue weighted by Gasteiger charge is -2.25. The van der Waals surface area contributed by atoms with Gasteiger partial charge < -0.3 is 14.6 Å². The molecule has 0 aliphatic heterocycles. The smallest absolute Gasteiger partial charge is 0.480 e. The molecule has 0 saturated carbocycles. The Morgan fingerprint density at radius 2 is 1.44 bits per heavy atom. The van der Waals surface area contributed by atoms with Crippen LogP contribution in [0, 0.1) is 0 Å². The van der Waals surface area contributed by atoms with Gasteiger partial charge >= 0.3 is 20.1 Å². The van der Waals surface area contributed by atoms with Gasteiger partial charge in [0, 0.05) is 5.56 Å². The number of hydrogen-bond acceptors (Lipinski definition) is 7. The Labute approximate surface area is 241 Å². The van der Waals surface area contributed by atoms with Crippen molar-refractivity contribution in [3.8, 4) is 11.1 Å². The van der Waals surface area contributed by atoms with Crippen molar-refractivity contribution in [2.45, 2.75) is 20.4 Å². The van der Waals surface area contributed by atoms with Crippen molar-refractivity contribution in [1.29, 1.82) is 0 Å². The van der Waals surface area contributed by atoms with Gasteiger partial charge in [0.1, 0.15) is 6.04 Å². The van der Waals surface area contributed by atoms with Crippen molar-refractivity contribution >= 4 is 99.4 Å². The number of nitrogens with zero attached hydrogens (tertiary/aromatic N) is 1. The van der Waals surface area contributed by atoms with E-state index < -0.39 is 32.0 Å². The lowest BCUT2D eigenvalue weighted by Crippen LogP contribution is -2.50. The normalized spacial score (nSPS) is 12.0. The third-order valence-electron chi connectivity index (χ3n) is 4.09. The van der Waals surface area contributed by atoms with Gasteiger partial charge in [-0.15, -0.1) is 0 Å². The summed E-state index contributed by atoms with van der Waals surface area (Å²) >= 11 is 31.7. The van der Waals surface area contributed by atoms with E-state index in [0.717, 1.165) is 16.1 Å². The summed E-state index contributed by atoms with van der Waals surface area (Å²) in [6.45, 7) is 0. The number of thioether (sulfide) groups is 1. The number of carbonyl (C=O) groups is 3. The summed E-state index contributed by atoms with van der Waals surface area (Å²) in [7, 11) is 0. The Kier molecular flexibility index (Phi) is 13.8. The van der Waals surface area contributed by atoms with Crippen LogP contribution in [0.4, 0.5) is 4.79 Å². The molecule has 1 amide bonds. The van der Waals surface area contributed by atoms with Gasteiger partial charge in [0.2, 0.25) is 0 Å². The second-order valence-corrected chi connectivity index (χ2v) is 11.9. The molecule has 0 saturated heterocycles. The molecule has 2 rings (SSSR count). The van der Waals surface area contributed by atoms with Gasteiger partial charge in [-0.2, -0.15) is 11.8 Å². The highest BCUT2D eigenvalue weighted by molar-refractivity contribution is 7.98. The second kappa shape index (κ2) is 15.2. The van der Waals surface area contributed by atoms with Crippen molar-refractivity contribution in [2.75, 3.05) is 12.0 Å². The van der Waals surface area contributed by atoms with Crippen LogP contribution >= 0.6 is 81.4 Å². The first-order chi connectivity index (χ1) is 16.7. The molecule has 2 aromatic carbocycles. The van der Waals surface area contributed by atoms with Gasteiger partial charge in [-0.25, -0.2) is 15.4 Å². The monoisotopic (exact) mass is 638 g/mol. The number of hydrazine groups is 1. The summed E-state index contributed by atoms with van der Waals surface area (Å²) in [6.07, 6.45) is 0.772. The molecule has 0 aromatic heterocycles. The Morgan fingerprint density at radius 3 is 1.92 bits per heavy atom. The van der Waals surface area contributed by atoms with Crippen LogP contribution in [0.3, 0.4) is 0 Å². The standard InChI is InChI=1S/C18H20N2O3S.C3Cl6O3/c1-24-12-11-16(18(22)23)20(19)17(21)15-10-6-5-9-14(15)13-7-3-2-4-8-13;4-2(5,6)11-1(10)12-3(7,8)9/h2-10,16H,11-12,19H2,1H3,(H,22,23);/t16-;/m0./s1. The van der Waals surface area contributed by atoms with E-state index in [2.05, 4.69) is 9.47 Å². The van der Waals surface area contributed by atoms with Gasteiger partial charge in [0.15, 0.2) is 0 Å². The first-order valence-electron chi connectivity index (χ1n) is 9.66. The number of benzene rings is 2. The van der Waals surface area contributed by atoms with Crippen LogP contribution in [0.25, 0.3) is 11.1 Å². The van der Waals surface area contributed by atoms with Crippen LogP contribution in [0.15, 0.2) is 54.6 Å². The minimum atomic E-state index is -2.24. The maximum absolute atomic E-state index is 12.8. The molecule has 198 valence electrons. The highest BCUT2D eigenvalue weighted by Gasteiger charge is 2.32. The van der Waals surface area contributed by atoms with Crippen LogP contribution < -0.4 is 5.84 Å². The zero-order valence-corrected chi connectivity index (χ0v) is 23.7. The minimum Gasteiger partial charge on any atom is -0.480 e. The molecule has 1 atom stereocenters. The van der Waals surface area contributed by atoms with Crippen molar-refractivity contribution in [2.24, 2.45) is 5.84 Å². The fourth-order valence-corrected chi connectivity index (χ4v) is 3.48. The van der Waals surface area contributed by atoms with E-state index in [1.165, 1.54) is 11.8 Å². The van der Waals surface area contributed by atoms with E-state index in [1.54, 1.807) is 12.1 Å². The molecule has 0 heterocycles. The second-order valence-electron chi connectivity index (χ2n) is 6.61. The van der Waals surface area contributed by atoms with Crippen LogP contribution in [0.2, 0.25) is 0 Å². The molecule has 0 aliphatic carbocycles. The number of nitrogens with two attached hydrogens (primary N) is 1. The van der Waals surface area contributed by atoms with E-state index in [9.17, 15) is 19.5 Å². The Bertz CT molecular complexity index is 1000. The van der Waals surface area contributed by atoms with E-state index >= 15 is 0 Å². The van der Waals surface area contributed by atoms with Crippen molar-refractivity contribution < 1.29 is 29.0 Å². The highest BCUT2D eigenvalue weighted by Crippen LogP contribution is 2.32. The summed E-state index contributed by atoms with van der Waals surface area (Å²) in [5, 5.41) is 10.2. The summed E-state index contributed by atoms with van der Waals surface area (Å²) < 4.78 is 3.50. The molecule has 36 heavy (non-hydrogen) atoms. The average molecular weight is 641 g/mol. The number of carboxylic acid groups (broad SMARTS) is 1. The Balaban J connectivity index is 0.000000457. The third-order valence-corrected chi connectivity index (χ3v) is 5.20. The summed E-state index contributed by atoms with van der Waals surface area (Å²) in [5.74, 6) is 4.89. The quantitative estimate of drug-likeness (QED) is 0.113. The van der Waals surface area contributed by atoms with Gasteiger partial charge in [-0.05, 0) is 105 Å². The van der Waals surface area contributed by atoms with Crippen LogP contribution in [0.5, 0.6) is 0 Å². The number of ether oxygens (including phenoxy) is 2. The predicted molar refractivity (Wildman–Crippen MR) is 145 cm³/mol. The first-order valence-corrected chi connectivity index (χ1v) is 13.3. The number of hydrogen-bond donors (Lipinski definition) is 2. The molecule has 2 aromatic rings. The lowest BCUT2D eigenvalue weighted by molar-refractivity contribution is -0.142. The van der Waals surface area contributed by atoms with E-state index in [-0.39, 0.29) is 0 Å². The van der Waals surface area contributed by atoms with Crippen molar-refractivity contribution in [3.05, 3.63) is 60.2 Å². The molecule has 0 radical (unpaired) electrons. The summed E-state index contributed by atoms with van der Waals surface area (Å²) in [5.41, 5.74) is 2.00. The fourth-order valence-electron chi connectivity index (χ4n) is 2.64.